The number of imidazole rings is 1. The maximum Gasteiger partial charge on any atom is 0.257 e. The highest BCUT2D eigenvalue weighted by Gasteiger charge is 2.31. The number of aryl methyl sites for hydroxylation is 1. The van der Waals surface area contributed by atoms with Crippen LogP contribution in [0.1, 0.15) is 39.6 Å². The lowest BCUT2D eigenvalue weighted by Crippen LogP contribution is -2.39. The van der Waals surface area contributed by atoms with E-state index in [9.17, 15) is 9.18 Å². The first-order chi connectivity index (χ1) is 13.1. The number of carbonyl (C=O) groups excluding carboxylic acids is 1. The van der Waals surface area contributed by atoms with Crippen molar-refractivity contribution in [3.63, 3.8) is 0 Å². The highest BCUT2D eigenvalue weighted by molar-refractivity contribution is 6.30. The number of H-pyrrole nitrogens is 1. The van der Waals surface area contributed by atoms with Crippen molar-refractivity contribution in [3.05, 3.63) is 88.2 Å². The molecule has 0 saturated carbocycles. The Kier molecular flexibility index (Phi) is 4.94. The summed E-state index contributed by atoms with van der Waals surface area (Å²) in [5.74, 6) is -0.808. The lowest BCUT2D eigenvalue weighted by Gasteiger charge is -2.32. The zero-order valence-corrected chi connectivity index (χ0v) is 15.4. The third kappa shape index (κ3) is 3.74. The zero-order valence-electron chi connectivity index (χ0n) is 14.7. The van der Waals surface area contributed by atoms with E-state index >= 15 is 0 Å². The maximum atomic E-state index is 14.2. The highest BCUT2D eigenvalue weighted by Crippen LogP contribution is 2.31. The fraction of sp³-hybridized carbons (Fsp3) is 0.238. The molecular formula is C21H19ClFN3O. The maximum absolute atomic E-state index is 14.2. The Bertz CT molecular complexity index is 957. The molecular weight excluding hydrogens is 365 g/mol. The molecule has 1 amide bonds. The minimum atomic E-state index is -0.594. The van der Waals surface area contributed by atoms with Crippen molar-refractivity contribution in [1.82, 2.24) is 14.9 Å². The molecule has 0 aliphatic carbocycles. The summed E-state index contributed by atoms with van der Waals surface area (Å²) >= 11 is 5.80. The zero-order chi connectivity index (χ0) is 18.8. The minimum absolute atomic E-state index is 0.0455. The van der Waals surface area contributed by atoms with Crippen molar-refractivity contribution in [2.24, 2.45) is 0 Å². The molecule has 6 heteroatoms. The summed E-state index contributed by atoms with van der Waals surface area (Å²) in [6, 6.07) is 14.4. The average Bonchev–Trinajstić information content (AvgIpc) is 3.15. The number of carbonyl (C=O) groups is 1. The minimum Gasteiger partial charge on any atom is -0.347 e. The second kappa shape index (κ2) is 7.53. The number of halogens is 2. The molecule has 138 valence electrons. The van der Waals surface area contributed by atoms with Crippen molar-refractivity contribution in [3.8, 4) is 0 Å². The normalized spacial score (nSPS) is 16.2. The van der Waals surface area contributed by atoms with Crippen LogP contribution in [0.2, 0.25) is 5.02 Å². The summed E-state index contributed by atoms with van der Waals surface area (Å²) in [6.45, 7) is 0.920. The SMILES string of the molecule is O=C(c1ccc(Cl)cc1F)N1Cc2[nH]cnc2C(CCc2ccccc2)C1. The first-order valence-corrected chi connectivity index (χ1v) is 9.30. The second-order valence-electron chi connectivity index (χ2n) is 6.80. The van der Waals surface area contributed by atoms with Gasteiger partial charge in [0, 0.05) is 17.5 Å². The van der Waals surface area contributed by atoms with Crippen LogP contribution in [0.15, 0.2) is 54.9 Å². The number of aromatic nitrogens is 2. The molecule has 0 fully saturated rings. The predicted molar refractivity (Wildman–Crippen MR) is 102 cm³/mol. The van der Waals surface area contributed by atoms with Crippen LogP contribution in [-0.2, 0) is 13.0 Å². The van der Waals surface area contributed by atoms with Gasteiger partial charge in [-0.3, -0.25) is 4.79 Å². The van der Waals surface area contributed by atoms with Crippen LogP contribution in [-0.4, -0.2) is 27.3 Å². The summed E-state index contributed by atoms with van der Waals surface area (Å²) in [5, 5.41) is 0.277. The quantitative estimate of drug-likeness (QED) is 0.717. The summed E-state index contributed by atoms with van der Waals surface area (Å²) in [4.78, 5) is 22.2. The standard InChI is InChI=1S/C21H19ClFN3O/c22-16-8-9-17(18(23)10-16)21(27)26-11-15(20-19(12-26)24-13-25-20)7-6-14-4-2-1-3-5-14/h1-5,8-10,13,15H,6-7,11-12H2,(H,24,25). The second-order valence-corrected chi connectivity index (χ2v) is 7.23. The lowest BCUT2D eigenvalue weighted by atomic mass is 9.91. The van der Waals surface area contributed by atoms with Crippen LogP contribution >= 0.6 is 11.6 Å². The van der Waals surface area contributed by atoms with Gasteiger partial charge in [-0.15, -0.1) is 0 Å². The topological polar surface area (TPSA) is 49.0 Å². The Morgan fingerprint density at radius 2 is 2.07 bits per heavy atom. The molecule has 0 bridgehead atoms. The van der Waals surface area contributed by atoms with Gasteiger partial charge in [-0.05, 0) is 36.6 Å². The molecule has 1 N–H and O–H groups in total. The molecule has 1 aliphatic heterocycles. The van der Waals surface area contributed by atoms with Crippen LogP contribution in [0, 0.1) is 5.82 Å². The Morgan fingerprint density at radius 1 is 1.26 bits per heavy atom. The van der Waals surface area contributed by atoms with E-state index in [1.807, 2.05) is 18.2 Å². The summed E-state index contributed by atoms with van der Waals surface area (Å²) in [6.07, 6.45) is 3.43. The number of nitrogens with zero attached hydrogens (tertiary/aromatic N) is 2. The first-order valence-electron chi connectivity index (χ1n) is 8.92. The Morgan fingerprint density at radius 3 is 2.85 bits per heavy atom. The van der Waals surface area contributed by atoms with Gasteiger partial charge in [0.25, 0.3) is 5.91 Å². The van der Waals surface area contributed by atoms with Crippen LogP contribution < -0.4 is 0 Å². The number of benzene rings is 2. The number of aromatic amines is 1. The molecule has 1 atom stereocenters. The molecule has 1 aliphatic rings. The Labute approximate surface area is 162 Å². The van der Waals surface area contributed by atoms with E-state index in [2.05, 4.69) is 22.1 Å². The van der Waals surface area contributed by atoms with Gasteiger partial charge in [0.1, 0.15) is 5.82 Å². The van der Waals surface area contributed by atoms with Crippen molar-refractivity contribution in [2.45, 2.75) is 25.3 Å². The van der Waals surface area contributed by atoms with Crippen LogP contribution in [0.4, 0.5) is 4.39 Å². The molecule has 1 aromatic heterocycles. The van der Waals surface area contributed by atoms with Crippen molar-refractivity contribution < 1.29 is 9.18 Å². The van der Waals surface area contributed by atoms with E-state index in [0.717, 1.165) is 24.2 Å². The van der Waals surface area contributed by atoms with Gasteiger partial charge in [-0.25, -0.2) is 9.37 Å². The van der Waals surface area contributed by atoms with Gasteiger partial charge in [0.05, 0.1) is 29.8 Å². The fourth-order valence-electron chi connectivity index (χ4n) is 3.62. The number of fused-ring (bicyclic) bond motifs is 1. The molecule has 4 nitrogen and oxygen atoms in total. The van der Waals surface area contributed by atoms with E-state index < -0.39 is 5.82 Å². The smallest absolute Gasteiger partial charge is 0.257 e. The van der Waals surface area contributed by atoms with Crippen molar-refractivity contribution in [2.75, 3.05) is 6.54 Å². The molecule has 0 spiro atoms. The van der Waals surface area contributed by atoms with Gasteiger partial charge < -0.3 is 9.88 Å². The molecule has 27 heavy (non-hydrogen) atoms. The van der Waals surface area contributed by atoms with Gasteiger partial charge >= 0.3 is 0 Å². The molecule has 0 radical (unpaired) electrons. The van der Waals surface area contributed by atoms with Crippen molar-refractivity contribution in [1.29, 1.82) is 0 Å². The van der Waals surface area contributed by atoms with Crippen LogP contribution in [0.25, 0.3) is 0 Å². The highest BCUT2D eigenvalue weighted by atomic mass is 35.5. The number of hydrogen-bond acceptors (Lipinski definition) is 2. The monoisotopic (exact) mass is 383 g/mol. The van der Waals surface area contributed by atoms with E-state index in [0.29, 0.717) is 13.1 Å². The Hall–Kier alpha value is -2.66. The van der Waals surface area contributed by atoms with Gasteiger partial charge in [0.15, 0.2) is 0 Å². The van der Waals surface area contributed by atoms with E-state index in [1.165, 1.54) is 23.8 Å². The number of rotatable bonds is 4. The third-order valence-corrected chi connectivity index (χ3v) is 5.24. The van der Waals surface area contributed by atoms with Crippen LogP contribution in [0.3, 0.4) is 0 Å². The third-order valence-electron chi connectivity index (χ3n) is 5.00. The number of amides is 1. The Balaban J connectivity index is 1.54. The van der Waals surface area contributed by atoms with Gasteiger partial charge in [-0.2, -0.15) is 0 Å². The van der Waals surface area contributed by atoms with Crippen molar-refractivity contribution >= 4 is 17.5 Å². The summed E-state index contributed by atoms with van der Waals surface area (Å²) < 4.78 is 14.2. The largest absolute Gasteiger partial charge is 0.347 e. The lowest BCUT2D eigenvalue weighted by molar-refractivity contribution is 0.0706. The predicted octanol–water partition coefficient (Wildman–Crippen LogP) is 4.57. The molecule has 4 rings (SSSR count). The molecule has 3 aromatic rings. The van der Waals surface area contributed by atoms with Gasteiger partial charge in [0.2, 0.25) is 0 Å². The fourth-order valence-corrected chi connectivity index (χ4v) is 3.78. The summed E-state index contributed by atoms with van der Waals surface area (Å²) in [7, 11) is 0. The molecule has 0 saturated heterocycles. The van der Waals surface area contributed by atoms with E-state index in [1.54, 1.807) is 11.2 Å². The van der Waals surface area contributed by atoms with Gasteiger partial charge in [-0.1, -0.05) is 41.9 Å². The molecule has 2 heterocycles. The van der Waals surface area contributed by atoms with E-state index in [4.69, 9.17) is 11.6 Å². The number of nitrogens with one attached hydrogen (secondary N) is 1. The molecule has 1 unspecified atom stereocenters. The van der Waals surface area contributed by atoms with E-state index in [-0.39, 0.29) is 22.4 Å². The van der Waals surface area contributed by atoms with Crippen LogP contribution in [0.5, 0.6) is 0 Å². The molecule has 2 aromatic carbocycles. The first kappa shape index (κ1) is 17.7. The summed E-state index contributed by atoms with van der Waals surface area (Å²) in [5.41, 5.74) is 3.22. The number of hydrogen-bond donors (Lipinski definition) is 1. The average molecular weight is 384 g/mol.